The minimum absolute atomic E-state index is 0.123. The van der Waals surface area contributed by atoms with E-state index in [4.69, 9.17) is 0 Å². The minimum Gasteiger partial charge on any atom is -0.480 e. The van der Waals surface area contributed by atoms with Crippen molar-refractivity contribution in [2.24, 2.45) is 0 Å². The normalized spacial score (nSPS) is 18.3. The van der Waals surface area contributed by atoms with Gasteiger partial charge in [-0.15, -0.1) is 0 Å². The molecule has 21 heavy (non-hydrogen) atoms. The summed E-state index contributed by atoms with van der Waals surface area (Å²) in [4.78, 5) is 35.2. The number of carboxylic acid groups (broad SMARTS) is 1. The van der Waals surface area contributed by atoms with Crippen LogP contribution in [-0.4, -0.2) is 39.4 Å². The number of rotatable bonds is 3. The van der Waals surface area contributed by atoms with Gasteiger partial charge >= 0.3 is 5.97 Å². The van der Waals surface area contributed by atoms with Crippen LogP contribution in [0.15, 0.2) is 22.7 Å². The highest BCUT2D eigenvalue weighted by Gasteiger charge is 2.33. The molecule has 2 rings (SSSR count). The zero-order chi connectivity index (χ0) is 15.6. The van der Waals surface area contributed by atoms with Crippen molar-refractivity contribution >= 4 is 33.5 Å². The summed E-state index contributed by atoms with van der Waals surface area (Å²) in [7, 11) is 0. The van der Waals surface area contributed by atoms with Gasteiger partial charge in [0.2, 0.25) is 0 Å². The van der Waals surface area contributed by atoms with Gasteiger partial charge in [0.25, 0.3) is 11.6 Å². The standard InChI is InChI=1S/C13H13BrN2O5/c14-9-5-4-8(7-11(9)16(20)21)12(17)15-6-2-1-3-10(15)13(18)19/h4-5,7,10H,1-3,6H2,(H,18,19)/t10-/m0/s1. The summed E-state index contributed by atoms with van der Waals surface area (Å²) in [6, 6.07) is 3.17. The van der Waals surface area contributed by atoms with Gasteiger partial charge in [-0.25, -0.2) is 4.79 Å². The predicted octanol–water partition coefficient (Wildman–Crippen LogP) is 2.44. The molecule has 0 radical (unpaired) electrons. The van der Waals surface area contributed by atoms with Gasteiger partial charge in [-0.2, -0.15) is 0 Å². The fourth-order valence-electron chi connectivity index (χ4n) is 2.38. The molecule has 0 unspecified atom stereocenters. The Kier molecular flexibility index (Phi) is 4.56. The molecule has 1 saturated heterocycles. The predicted molar refractivity (Wildman–Crippen MR) is 77.1 cm³/mol. The lowest BCUT2D eigenvalue weighted by molar-refractivity contribution is -0.385. The number of aliphatic carboxylic acids is 1. The monoisotopic (exact) mass is 356 g/mol. The highest BCUT2D eigenvalue weighted by atomic mass is 79.9. The molecular formula is C13H13BrN2O5. The number of halogens is 1. The fraction of sp³-hybridized carbons (Fsp3) is 0.385. The van der Waals surface area contributed by atoms with Gasteiger partial charge in [-0.1, -0.05) is 0 Å². The van der Waals surface area contributed by atoms with Crippen molar-refractivity contribution in [2.75, 3.05) is 6.54 Å². The van der Waals surface area contributed by atoms with Crippen LogP contribution in [0.2, 0.25) is 0 Å². The van der Waals surface area contributed by atoms with Crippen LogP contribution in [-0.2, 0) is 4.79 Å². The second-order valence-electron chi connectivity index (χ2n) is 4.77. The zero-order valence-corrected chi connectivity index (χ0v) is 12.6. The Morgan fingerprint density at radius 3 is 2.71 bits per heavy atom. The smallest absolute Gasteiger partial charge is 0.326 e. The van der Waals surface area contributed by atoms with Crippen molar-refractivity contribution in [3.63, 3.8) is 0 Å². The van der Waals surface area contributed by atoms with Gasteiger partial charge in [-0.05, 0) is 47.3 Å². The molecule has 1 aliphatic heterocycles. The van der Waals surface area contributed by atoms with E-state index in [1.54, 1.807) is 0 Å². The number of nitro groups is 1. The molecule has 7 nitrogen and oxygen atoms in total. The maximum absolute atomic E-state index is 12.4. The number of carbonyl (C=O) groups is 2. The third-order valence-electron chi connectivity index (χ3n) is 3.44. The van der Waals surface area contributed by atoms with Crippen molar-refractivity contribution < 1.29 is 19.6 Å². The average molecular weight is 357 g/mol. The van der Waals surface area contributed by atoms with Crippen LogP contribution in [0.5, 0.6) is 0 Å². The van der Waals surface area contributed by atoms with Gasteiger partial charge < -0.3 is 10.0 Å². The summed E-state index contributed by atoms with van der Waals surface area (Å²) in [5, 5.41) is 20.1. The van der Waals surface area contributed by atoms with E-state index in [0.29, 0.717) is 13.0 Å². The first-order valence-corrected chi connectivity index (χ1v) is 7.19. The molecule has 1 aromatic rings. The van der Waals surface area contributed by atoms with Crippen LogP contribution in [0.3, 0.4) is 0 Å². The molecule has 0 bridgehead atoms. The van der Waals surface area contributed by atoms with E-state index in [0.717, 1.165) is 12.8 Å². The lowest BCUT2D eigenvalue weighted by atomic mass is 10.0. The summed E-state index contributed by atoms with van der Waals surface area (Å²) < 4.78 is 0.275. The number of hydrogen-bond acceptors (Lipinski definition) is 4. The lowest BCUT2D eigenvalue weighted by Crippen LogP contribution is -2.47. The van der Waals surface area contributed by atoms with E-state index in [1.807, 2.05) is 0 Å². The van der Waals surface area contributed by atoms with E-state index in [9.17, 15) is 24.8 Å². The number of nitro benzene ring substituents is 1. The van der Waals surface area contributed by atoms with Crippen molar-refractivity contribution in [1.29, 1.82) is 0 Å². The highest BCUT2D eigenvalue weighted by molar-refractivity contribution is 9.10. The van der Waals surface area contributed by atoms with E-state index in [1.165, 1.54) is 23.1 Å². The molecule has 8 heteroatoms. The molecule has 1 amide bonds. The van der Waals surface area contributed by atoms with Crippen molar-refractivity contribution in [1.82, 2.24) is 4.90 Å². The Labute approximate surface area is 128 Å². The Hall–Kier alpha value is -1.96. The summed E-state index contributed by atoms with van der Waals surface area (Å²) in [6.07, 6.45) is 1.88. The Bertz CT molecular complexity index is 604. The maximum atomic E-state index is 12.4. The molecule has 1 fully saturated rings. The molecule has 1 atom stereocenters. The summed E-state index contributed by atoms with van der Waals surface area (Å²) >= 11 is 3.05. The molecule has 112 valence electrons. The summed E-state index contributed by atoms with van der Waals surface area (Å²) in [5.41, 5.74) is -0.0946. The average Bonchev–Trinajstić information content (AvgIpc) is 2.46. The van der Waals surface area contributed by atoms with Crippen LogP contribution < -0.4 is 0 Å². The first-order valence-electron chi connectivity index (χ1n) is 6.39. The van der Waals surface area contributed by atoms with E-state index >= 15 is 0 Å². The summed E-state index contributed by atoms with van der Waals surface area (Å²) in [5.74, 6) is -1.53. The zero-order valence-electron chi connectivity index (χ0n) is 11.0. The van der Waals surface area contributed by atoms with Crippen LogP contribution in [0, 0.1) is 10.1 Å². The molecular weight excluding hydrogens is 344 g/mol. The summed E-state index contributed by atoms with van der Waals surface area (Å²) in [6.45, 7) is 0.347. The number of likely N-dealkylation sites (tertiary alicyclic amines) is 1. The molecule has 1 aromatic carbocycles. The lowest BCUT2D eigenvalue weighted by Gasteiger charge is -2.32. The number of carboxylic acids is 1. The topological polar surface area (TPSA) is 101 Å². The highest BCUT2D eigenvalue weighted by Crippen LogP contribution is 2.27. The van der Waals surface area contributed by atoms with Crippen LogP contribution in [0.4, 0.5) is 5.69 Å². The molecule has 0 spiro atoms. The first kappa shape index (κ1) is 15.4. The Morgan fingerprint density at radius 1 is 1.38 bits per heavy atom. The number of amides is 1. The van der Waals surface area contributed by atoms with E-state index in [2.05, 4.69) is 15.9 Å². The molecule has 1 heterocycles. The molecule has 1 aliphatic rings. The van der Waals surface area contributed by atoms with Crippen LogP contribution >= 0.6 is 15.9 Å². The van der Waals surface area contributed by atoms with Gasteiger partial charge in [0, 0.05) is 18.2 Å². The third-order valence-corrected chi connectivity index (χ3v) is 4.11. The molecule has 1 N–H and O–H groups in total. The number of hydrogen-bond donors (Lipinski definition) is 1. The largest absolute Gasteiger partial charge is 0.480 e. The quantitative estimate of drug-likeness (QED) is 0.661. The minimum atomic E-state index is -1.05. The molecule has 0 aromatic heterocycles. The van der Waals surface area contributed by atoms with Crippen LogP contribution in [0.25, 0.3) is 0 Å². The SMILES string of the molecule is O=C(O)[C@@H]1CCCCN1C(=O)c1ccc(Br)c([N+](=O)[O-])c1. The number of piperidine rings is 1. The number of carbonyl (C=O) groups excluding carboxylic acids is 1. The molecule has 0 aliphatic carbocycles. The van der Waals surface area contributed by atoms with Crippen molar-refractivity contribution in [2.45, 2.75) is 25.3 Å². The van der Waals surface area contributed by atoms with Crippen molar-refractivity contribution in [3.05, 3.63) is 38.3 Å². The third kappa shape index (κ3) is 3.21. The van der Waals surface area contributed by atoms with Gasteiger partial charge in [0.05, 0.1) is 9.40 Å². The first-order chi connectivity index (χ1) is 9.91. The molecule has 0 saturated carbocycles. The van der Waals surface area contributed by atoms with Gasteiger partial charge in [0.1, 0.15) is 6.04 Å². The van der Waals surface area contributed by atoms with Gasteiger partial charge in [-0.3, -0.25) is 14.9 Å². The van der Waals surface area contributed by atoms with Crippen molar-refractivity contribution in [3.8, 4) is 0 Å². The Morgan fingerprint density at radius 2 is 2.10 bits per heavy atom. The fourth-order valence-corrected chi connectivity index (χ4v) is 2.77. The van der Waals surface area contributed by atoms with Crippen LogP contribution in [0.1, 0.15) is 29.6 Å². The van der Waals surface area contributed by atoms with E-state index < -0.39 is 22.8 Å². The second kappa shape index (κ2) is 6.21. The number of nitrogens with zero attached hydrogens (tertiary/aromatic N) is 2. The Balaban J connectivity index is 2.32. The second-order valence-corrected chi connectivity index (χ2v) is 5.63. The van der Waals surface area contributed by atoms with Gasteiger partial charge in [0.15, 0.2) is 0 Å². The number of benzene rings is 1. The maximum Gasteiger partial charge on any atom is 0.326 e. The van der Waals surface area contributed by atoms with E-state index in [-0.39, 0.29) is 15.7 Å².